The second-order valence-electron chi connectivity index (χ2n) is 4.83. The fourth-order valence-corrected chi connectivity index (χ4v) is 2.47. The van der Waals surface area contributed by atoms with E-state index in [4.69, 9.17) is 17.3 Å². The normalized spacial score (nSPS) is 17.8. The average molecular weight is 239 g/mol. The van der Waals surface area contributed by atoms with E-state index in [-0.39, 0.29) is 0 Å². The highest BCUT2D eigenvalue weighted by atomic mass is 35.5. The SMILES string of the molecule is Cc1cc(N2CCC(C)CC2)c(Cl)cc1N. The zero-order chi connectivity index (χ0) is 11.7. The molecule has 0 radical (unpaired) electrons. The molecule has 2 nitrogen and oxygen atoms in total. The Labute approximate surface area is 102 Å². The number of nitrogens with zero attached hydrogens (tertiary/aromatic N) is 1. The molecule has 88 valence electrons. The summed E-state index contributed by atoms with van der Waals surface area (Å²) in [7, 11) is 0. The Morgan fingerprint density at radius 3 is 2.56 bits per heavy atom. The summed E-state index contributed by atoms with van der Waals surface area (Å²) in [6.07, 6.45) is 2.50. The lowest BCUT2D eigenvalue weighted by Crippen LogP contribution is -2.33. The summed E-state index contributed by atoms with van der Waals surface area (Å²) in [5, 5.41) is 0.776. The monoisotopic (exact) mass is 238 g/mol. The predicted octanol–water partition coefficient (Wildman–Crippen LogP) is 3.47. The van der Waals surface area contributed by atoms with Crippen LogP contribution in [0.15, 0.2) is 12.1 Å². The molecule has 0 atom stereocenters. The van der Waals surface area contributed by atoms with Crippen molar-refractivity contribution in [2.45, 2.75) is 26.7 Å². The van der Waals surface area contributed by atoms with Crippen molar-refractivity contribution in [2.24, 2.45) is 5.92 Å². The van der Waals surface area contributed by atoms with Gasteiger partial charge in [0.15, 0.2) is 0 Å². The van der Waals surface area contributed by atoms with E-state index in [0.29, 0.717) is 0 Å². The van der Waals surface area contributed by atoms with Crippen LogP contribution >= 0.6 is 11.6 Å². The summed E-state index contributed by atoms with van der Waals surface area (Å²) in [4.78, 5) is 2.37. The van der Waals surface area contributed by atoms with Gasteiger partial charge < -0.3 is 10.6 Å². The van der Waals surface area contributed by atoms with Crippen molar-refractivity contribution < 1.29 is 0 Å². The number of halogens is 1. The van der Waals surface area contributed by atoms with E-state index in [1.54, 1.807) is 0 Å². The first-order valence-corrected chi connectivity index (χ1v) is 6.26. The van der Waals surface area contributed by atoms with Crippen molar-refractivity contribution in [2.75, 3.05) is 23.7 Å². The molecule has 1 fully saturated rings. The third kappa shape index (κ3) is 2.27. The van der Waals surface area contributed by atoms with E-state index in [9.17, 15) is 0 Å². The molecular formula is C13H19ClN2. The van der Waals surface area contributed by atoms with Gasteiger partial charge in [-0.2, -0.15) is 0 Å². The third-order valence-electron chi connectivity index (χ3n) is 3.46. The molecule has 16 heavy (non-hydrogen) atoms. The third-order valence-corrected chi connectivity index (χ3v) is 3.76. The Kier molecular flexibility index (Phi) is 3.29. The first-order valence-electron chi connectivity index (χ1n) is 5.88. The molecule has 0 saturated carbocycles. The van der Waals surface area contributed by atoms with Gasteiger partial charge >= 0.3 is 0 Å². The van der Waals surface area contributed by atoms with Gasteiger partial charge in [-0.05, 0) is 43.4 Å². The van der Waals surface area contributed by atoms with E-state index < -0.39 is 0 Å². The largest absolute Gasteiger partial charge is 0.398 e. The Balaban J connectivity index is 2.23. The molecule has 0 bridgehead atoms. The number of hydrogen-bond acceptors (Lipinski definition) is 2. The van der Waals surface area contributed by atoms with E-state index in [0.717, 1.165) is 41.0 Å². The Bertz CT molecular complexity index is 382. The highest BCUT2D eigenvalue weighted by Crippen LogP contribution is 2.32. The fraction of sp³-hybridized carbons (Fsp3) is 0.538. The molecule has 1 aromatic carbocycles. The van der Waals surface area contributed by atoms with Crippen LogP contribution in [-0.4, -0.2) is 13.1 Å². The van der Waals surface area contributed by atoms with Crippen LogP contribution in [0.2, 0.25) is 5.02 Å². The van der Waals surface area contributed by atoms with Gasteiger partial charge in [0.1, 0.15) is 0 Å². The molecule has 0 spiro atoms. The average Bonchev–Trinajstić information content (AvgIpc) is 2.25. The van der Waals surface area contributed by atoms with Gasteiger partial charge in [0.05, 0.1) is 10.7 Å². The molecule has 2 rings (SSSR count). The van der Waals surface area contributed by atoms with Crippen LogP contribution in [0, 0.1) is 12.8 Å². The van der Waals surface area contributed by atoms with Gasteiger partial charge in [-0.25, -0.2) is 0 Å². The highest BCUT2D eigenvalue weighted by Gasteiger charge is 2.18. The Morgan fingerprint density at radius 1 is 1.31 bits per heavy atom. The zero-order valence-electron chi connectivity index (χ0n) is 9.96. The van der Waals surface area contributed by atoms with E-state index in [1.165, 1.54) is 12.8 Å². The summed E-state index contributed by atoms with van der Waals surface area (Å²) in [6.45, 7) is 6.55. The maximum atomic E-state index is 6.25. The van der Waals surface area contributed by atoms with Gasteiger partial charge in [0.2, 0.25) is 0 Å². The summed E-state index contributed by atoms with van der Waals surface area (Å²) in [5.41, 5.74) is 8.86. The molecule has 0 amide bonds. The number of hydrogen-bond donors (Lipinski definition) is 1. The molecule has 1 heterocycles. The van der Waals surface area contributed by atoms with Gasteiger partial charge in [0, 0.05) is 18.8 Å². The highest BCUT2D eigenvalue weighted by molar-refractivity contribution is 6.33. The van der Waals surface area contributed by atoms with Crippen molar-refractivity contribution in [3.8, 4) is 0 Å². The number of benzene rings is 1. The maximum Gasteiger partial charge on any atom is 0.0660 e. The lowest BCUT2D eigenvalue weighted by Gasteiger charge is -2.33. The molecule has 2 N–H and O–H groups in total. The van der Waals surface area contributed by atoms with Crippen molar-refractivity contribution in [3.63, 3.8) is 0 Å². The van der Waals surface area contributed by atoms with Gasteiger partial charge in [-0.15, -0.1) is 0 Å². The first kappa shape index (κ1) is 11.6. The van der Waals surface area contributed by atoms with Crippen LogP contribution in [0.3, 0.4) is 0 Å². The molecule has 1 aliphatic heterocycles. The van der Waals surface area contributed by atoms with Crippen molar-refractivity contribution in [3.05, 3.63) is 22.7 Å². The minimum absolute atomic E-state index is 0.776. The Hall–Kier alpha value is -0.890. The number of nitrogen functional groups attached to an aromatic ring is 1. The van der Waals surface area contributed by atoms with Crippen molar-refractivity contribution >= 4 is 23.0 Å². The van der Waals surface area contributed by atoms with Gasteiger partial charge in [-0.1, -0.05) is 18.5 Å². The van der Waals surface area contributed by atoms with E-state index in [1.807, 2.05) is 13.0 Å². The molecule has 1 aromatic rings. The van der Waals surface area contributed by atoms with Crippen LogP contribution in [0.25, 0.3) is 0 Å². The number of rotatable bonds is 1. The molecule has 3 heteroatoms. The quantitative estimate of drug-likeness (QED) is 0.760. The van der Waals surface area contributed by atoms with Crippen molar-refractivity contribution in [1.82, 2.24) is 0 Å². The minimum atomic E-state index is 0.776. The molecule has 1 aliphatic rings. The zero-order valence-corrected chi connectivity index (χ0v) is 10.7. The van der Waals surface area contributed by atoms with E-state index in [2.05, 4.69) is 17.9 Å². The second kappa shape index (κ2) is 4.54. The van der Waals surface area contributed by atoms with Crippen molar-refractivity contribution in [1.29, 1.82) is 0 Å². The van der Waals surface area contributed by atoms with Crippen LogP contribution in [0.1, 0.15) is 25.3 Å². The van der Waals surface area contributed by atoms with Crippen LogP contribution in [0.5, 0.6) is 0 Å². The molecule has 1 saturated heterocycles. The second-order valence-corrected chi connectivity index (χ2v) is 5.24. The topological polar surface area (TPSA) is 29.3 Å². The number of piperidine rings is 1. The van der Waals surface area contributed by atoms with Crippen LogP contribution in [-0.2, 0) is 0 Å². The summed E-state index contributed by atoms with van der Waals surface area (Å²) < 4.78 is 0. The van der Waals surface area contributed by atoms with Gasteiger partial charge in [0.25, 0.3) is 0 Å². The predicted molar refractivity (Wildman–Crippen MR) is 71.2 cm³/mol. The molecule has 0 unspecified atom stereocenters. The smallest absolute Gasteiger partial charge is 0.0660 e. The fourth-order valence-electron chi connectivity index (χ4n) is 2.17. The molecule has 0 aromatic heterocycles. The summed E-state index contributed by atoms with van der Waals surface area (Å²) >= 11 is 6.25. The molecular weight excluding hydrogens is 220 g/mol. The number of anilines is 2. The van der Waals surface area contributed by atoms with Crippen LogP contribution in [0.4, 0.5) is 11.4 Å². The molecule has 0 aliphatic carbocycles. The standard InChI is InChI=1S/C13H19ClN2/c1-9-3-5-16(6-4-9)13-7-10(2)12(15)8-11(13)14/h7-9H,3-6,15H2,1-2H3. The van der Waals surface area contributed by atoms with Gasteiger partial charge in [-0.3, -0.25) is 0 Å². The van der Waals surface area contributed by atoms with Crippen LogP contribution < -0.4 is 10.6 Å². The maximum absolute atomic E-state index is 6.25. The lowest BCUT2D eigenvalue weighted by atomic mass is 9.98. The Morgan fingerprint density at radius 2 is 1.94 bits per heavy atom. The summed E-state index contributed by atoms with van der Waals surface area (Å²) in [5.74, 6) is 0.838. The minimum Gasteiger partial charge on any atom is -0.398 e. The number of aryl methyl sites for hydroxylation is 1. The summed E-state index contributed by atoms with van der Waals surface area (Å²) in [6, 6.07) is 3.97. The number of nitrogens with two attached hydrogens (primary N) is 1. The van der Waals surface area contributed by atoms with E-state index >= 15 is 0 Å². The lowest BCUT2D eigenvalue weighted by molar-refractivity contribution is 0.438. The first-order chi connectivity index (χ1) is 7.58.